The van der Waals surface area contributed by atoms with E-state index in [1.54, 1.807) is 0 Å². The van der Waals surface area contributed by atoms with E-state index in [0.29, 0.717) is 12.3 Å². The Balaban J connectivity index is 3.50. The summed E-state index contributed by atoms with van der Waals surface area (Å²) in [5, 5.41) is 2.58. The summed E-state index contributed by atoms with van der Waals surface area (Å²) in [6, 6.07) is -0.787. The van der Waals surface area contributed by atoms with Gasteiger partial charge in [0.25, 0.3) is 6.47 Å². The van der Waals surface area contributed by atoms with Crippen molar-refractivity contribution in [3.05, 3.63) is 0 Å². The van der Waals surface area contributed by atoms with Crippen LogP contribution in [0.5, 0.6) is 0 Å². The second-order valence-corrected chi connectivity index (χ2v) is 2.85. The molecule has 3 N–H and O–H groups in total. The third-order valence-corrected chi connectivity index (χ3v) is 1.63. The zero-order valence-corrected chi connectivity index (χ0v) is 8.13. The molecule has 0 aromatic rings. The molecule has 0 heterocycles. The molecule has 0 spiro atoms. The molecule has 0 aliphatic carbocycles. The third-order valence-electron chi connectivity index (χ3n) is 1.31. The van der Waals surface area contributed by atoms with Crippen molar-refractivity contribution in [1.29, 1.82) is 0 Å². The highest BCUT2D eigenvalue weighted by Gasteiger charge is 2.12. The van der Waals surface area contributed by atoms with Crippen molar-refractivity contribution >= 4 is 25.0 Å². The van der Waals surface area contributed by atoms with Gasteiger partial charge in [-0.15, -0.1) is 0 Å². The first-order valence-electron chi connectivity index (χ1n) is 3.91. The minimum absolute atomic E-state index is 0.0871. The highest BCUT2D eigenvalue weighted by Crippen LogP contribution is 1.83. The summed E-state index contributed by atoms with van der Waals surface area (Å²) >= 11 is 3.98. The third kappa shape index (κ3) is 6.41. The Morgan fingerprint density at radius 1 is 1.69 bits per heavy atom. The summed E-state index contributed by atoms with van der Waals surface area (Å²) in [7, 11) is 0. The highest BCUT2D eigenvalue weighted by atomic mass is 32.1. The molecular formula is C7H14N2O3S. The van der Waals surface area contributed by atoms with Crippen molar-refractivity contribution in [2.45, 2.75) is 12.5 Å². The lowest BCUT2D eigenvalue weighted by Crippen LogP contribution is -2.43. The van der Waals surface area contributed by atoms with Crippen molar-refractivity contribution in [2.75, 3.05) is 18.9 Å². The fourth-order valence-corrected chi connectivity index (χ4v) is 0.798. The lowest BCUT2D eigenvalue weighted by atomic mass is 10.3. The zero-order chi connectivity index (χ0) is 10.1. The van der Waals surface area contributed by atoms with Crippen LogP contribution in [0.2, 0.25) is 0 Å². The summed E-state index contributed by atoms with van der Waals surface area (Å²) in [6.45, 7) is 0.716. The summed E-state index contributed by atoms with van der Waals surface area (Å²) in [4.78, 5) is 20.8. The van der Waals surface area contributed by atoms with Crippen molar-refractivity contribution in [3.63, 3.8) is 0 Å². The molecule has 0 radical (unpaired) electrons. The molecule has 1 unspecified atom stereocenters. The van der Waals surface area contributed by atoms with Crippen LogP contribution in [0.3, 0.4) is 0 Å². The van der Waals surface area contributed by atoms with Gasteiger partial charge in [-0.05, 0) is 12.2 Å². The second kappa shape index (κ2) is 7.88. The van der Waals surface area contributed by atoms with Gasteiger partial charge in [-0.2, -0.15) is 12.6 Å². The number of carbonyl (C=O) groups is 2. The topological polar surface area (TPSA) is 81.4 Å². The van der Waals surface area contributed by atoms with Gasteiger partial charge in [0.15, 0.2) is 0 Å². The Labute approximate surface area is 82.4 Å². The van der Waals surface area contributed by atoms with Gasteiger partial charge in [0.1, 0.15) is 12.6 Å². The van der Waals surface area contributed by atoms with Gasteiger partial charge < -0.3 is 15.8 Å². The average Bonchev–Trinajstić information content (AvgIpc) is 2.14. The van der Waals surface area contributed by atoms with E-state index in [1.165, 1.54) is 0 Å². The van der Waals surface area contributed by atoms with Gasteiger partial charge in [-0.3, -0.25) is 9.59 Å². The van der Waals surface area contributed by atoms with Gasteiger partial charge in [-0.25, -0.2) is 0 Å². The van der Waals surface area contributed by atoms with Gasteiger partial charge in [-0.1, -0.05) is 0 Å². The lowest BCUT2D eigenvalue weighted by molar-refractivity contribution is -0.131. The molecule has 6 heteroatoms. The molecule has 0 aliphatic heterocycles. The molecule has 0 aromatic heterocycles. The molecule has 13 heavy (non-hydrogen) atoms. The van der Waals surface area contributed by atoms with E-state index in [2.05, 4.69) is 22.7 Å². The predicted octanol–water partition coefficient (Wildman–Crippen LogP) is -1.08. The Morgan fingerprint density at radius 3 is 2.92 bits per heavy atom. The minimum Gasteiger partial charge on any atom is -0.466 e. The van der Waals surface area contributed by atoms with Crippen molar-refractivity contribution in [3.8, 4) is 0 Å². The number of rotatable bonds is 7. The maximum Gasteiger partial charge on any atom is 0.293 e. The van der Waals surface area contributed by atoms with Gasteiger partial charge >= 0.3 is 0 Å². The number of ether oxygens (including phenoxy) is 1. The van der Waals surface area contributed by atoms with Crippen molar-refractivity contribution < 1.29 is 14.3 Å². The monoisotopic (exact) mass is 206 g/mol. The molecule has 76 valence electrons. The van der Waals surface area contributed by atoms with Crippen molar-refractivity contribution in [1.82, 2.24) is 5.32 Å². The van der Waals surface area contributed by atoms with E-state index in [4.69, 9.17) is 5.73 Å². The second-order valence-electron chi connectivity index (χ2n) is 2.40. The minimum atomic E-state index is -0.787. The summed E-state index contributed by atoms with van der Waals surface area (Å²) in [5.74, 6) is 0.393. The fraction of sp³-hybridized carbons (Fsp3) is 0.714. The number of carbonyl (C=O) groups excluding carboxylic acids is 2. The van der Waals surface area contributed by atoms with Crippen LogP contribution in [0.25, 0.3) is 0 Å². The Morgan fingerprint density at radius 2 is 2.38 bits per heavy atom. The van der Waals surface area contributed by atoms with E-state index in [9.17, 15) is 9.59 Å². The number of hydrogen-bond donors (Lipinski definition) is 3. The lowest BCUT2D eigenvalue weighted by Gasteiger charge is -2.10. The average molecular weight is 206 g/mol. The molecule has 1 atom stereocenters. The zero-order valence-electron chi connectivity index (χ0n) is 7.23. The van der Waals surface area contributed by atoms with Crippen LogP contribution in [-0.4, -0.2) is 37.3 Å². The van der Waals surface area contributed by atoms with E-state index in [-0.39, 0.29) is 19.0 Å². The number of amides is 1. The quantitative estimate of drug-likeness (QED) is 0.281. The van der Waals surface area contributed by atoms with E-state index < -0.39 is 6.04 Å². The van der Waals surface area contributed by atoms with Gasteiger partial charge in [0.05, 0.1) is 0 Å². The molecule has 0 aromatic carbocycles. The molecule has 0 rings (SSSR count). The largest absolute Gasteiger partial charge is 0.466 e. The molecule has 0 fully saturated rings. The summed E-state index contributed by atoms with van der Waals surface area (Å²) < 4.78 is 4.34. The summed E-state index contributed by atoms with van der Waals surface area (Å²) in [5.41, 5.74) is 5.37. The molecule has 1 amide bonds. The standard InChI is InChI=1S/C7H14N2O3S/c8-6(4-12-5-10)7(11)9-2-1-3-13/h5-6,13H,1-4,8H2,(H,9,11). The van der Waals surface area contributed by atoms with Crippen LogP contribution in [0.15, 0.2) is 0 Å². The molecular weight excluding hydrogens is 192 g/mol. The number of thiol groups is 1. The van der Waals surface area contributed by atoms with Crippen LogP contribution in [0.1, 0.15) is 6.42 Å². The van der Waals surface area contributed by atoms with Crippen LogP contribution >= 0.6 is 12.6 Å². The Hall–Kier alpha value is -0.750. The maximum absolute atomic E-state index is 11.1. The molecule has 0 bridgehead atoms. The van der Waals surface area contributed by atoms with Crippen LogP contribution < -0.4 is 11.1 Å². The number of hydrogen-bond acceptors (Lipinski definition) is 5. The van der Waals surface area contributed by atoms with Gasteiger partial charge in [0, 0.05) is 6.54 Å². The smallest absolute Gasteiger partial charge is 0.293 e. The molecule has 0 saturated heterocycles. The molecule has 0 aliphatic rings. The van der Waals surface area contributed by atoms with Crippen LogP contribution in [-0.2, 0) is 14.3 Å². The Kier molecular flexibility index (Phi) is 7.42. The first-order chi connectivity index (χ1) is 6.22. The predicted molar refractivity (Wildman–Crippen MR) is 51.5 cm³/mol. The number of nitrogens with two attached hydrogens (primary N) is 1. The van der Waals surface area contributed by atoms with Crippen LogP contribution in [0, 0.1) is 0 Å². The molecule has 5 nitrogen and oxygen atoms in total. The van der Waals surface area contributed by atoms with Crippen molar-refractivity contribution in [2.24, 2.45) is 5.73 Å². The molecule has 0 saturated carbocycles. The maximum atomic E-state index is 11.1. The first kappa shape index (κ1) is 12.2. The SMILES string of the molecule is NC(COC=O)C(=O)NCCCS. The van der Waals surface area contributed by atoms with Gasteiger partial charge in [0.2, 0.25) is 5.91 Å². The van der Waals surface area contributed by atoms with E-state index in [1.807, 2.05) is 0 Å². The van der Waals surface area contributed by atoms with Crippen LogP contribution in [0.4, 0.5) is 0 Å². The normalized spacial score (nSPS) is 11.8. The Bertz CT molecular complexity index is 166. The highest BCUT2D eigenvalue weighted by molar-refractivity contribution is 7.80. The fourth-order valence-electron chi connectivity index (χ4n) is 0.640. The first-order valence-corrected chi connectivity index (χ1v) is 4.55. The van der Waals surface area contributed by atoms with E-state index in [0.717, 1.165) is 6.42 Å². The summed E-state index contributed by atoms with van der Waals surface area (Å²) in [6.07, 6.45) is 0.788. The van der Waals surface area contributed by atoms with E-state index >= 15 is 0 Å². The number of nitrogens with one attached hydrogen (secondary N) is 1.